The third-order valence-corrected chi connectivity index (χ3v) is 5.93. The van der Waals surface area contributed by atoms with Gasteiger partial charge in [-0.25, -0.2) is 4.79 Å². The number of carbonyl (C=O) groups is 1. The molecule has 3 aromatic carbocycles. The Morgan fingerprint density at radius 3 is 2.05 bits per heavy atom. The molecular formula is C30H37NO6. The number of carbonyl (C=O) groups excluding carboxylic acids is 1. The standard InChI is InChI=1S/C30H37NO6/c1-3-35-30(34)22-37-28-16-14-25(15-17-28)18-23(2)31(29(33)19-24-10-6-4-7-11-24)20-26(32)21-36-27-12-8-5-9-13-27/h4-17,23,26,29,32-33H,3,18-22H2,1-2H3/t23-,26-,29-/m1/s1. The zero-order chi connectivity index (χ0) is 26.5. The van der Waals surface area contributed by atoms with Crippen molar-refractivity contribution in [3.05, 3.63) is 96.1 Å². The molecule has 0 saturated carbocycles. The largest absolute Gasteiger partial charge is 0.491 e. The number of aliphatic hydroxyl groups excluding tert-OH is 2. The van der Waals surface area contributed by atoms with Crippen molar-refractivity contribution in [2.24, 2.45) is 0 Å². The molecule has 0 fully saturated rings. The minimum Gasteiger partial charge on any atom is -0.491 e. The predicted molar refractivity (Wildman–Crippen MR) is 143 cm³/mol. The molecule has 0 amide bonds. The van der Waals surface area contributed by atoms with Crippen LogP contribution >= 0.6 is 0 Å². The van der Waals surface area contributed by atoms with Crippen molar-refractivity contribution in [3.63, 3.8) is 0 Å². The molecule has 0 heterocycles. The van der Waals surface area contributed by atoms with Crippen molar-refractivity contribution < 1.29 is 29.2 Å². The van der Waals surface area contributed by atoms with Gasteiger partial charge in [0.05, 0.1) is 6.61 Å². The van der Waals surface area contributed by atoms with E-state index < -0.39 is 18.3 Å². The average molecular weight is 508 g/mol. The molecule has 0 aliphatic rings. The zero-order valence-electron chi connectivity index (χ0n) is 21.5. The van der Waals surface area contributed by atoms with Gasteiger partial charge < -0.3 is 24.4 Å². The molecule has 0 saturated heterocycles. The first-order valence-electron chi connectivity index (χ1n) is 12.7. The van der Waals surface area contributed by atoms with E-state index in [1.807, 2.05) is 96.8 Å². The summed E-state index contributed by atoms with van der Waals surface area (Å²) in [7, 11) is 0. The molecule has 0 aliphatic carbocycles. The van der Waals surface area contributed by atoms with Gasteiger partial charge in [-0.05, 0) is 55.7 Å². The van der Waals surface area contributed by atoms with Gasteiger partial charge in [0.25, 0.3) is 0 Å². The lowest BCUT2D eigenvalue weighted by Gasteiger charge is -2.35. The molecule has 3 rings (SSSR count). The minimum atomic E-state index is -0.785. The van der Waals surface area contributed by atoms with Crippen LogP contribution in [0.5, 0.6) is 11.5 Å². The highest BCUT2D eigenvalue weighted by atomic mass is 16.6. The average Bonchev–Trinajstić information content (AvgIpc) is 2.91. The Morgan fingerprint density at radius 2 is 1.41 bits per heavy atom. The molecule has 0 radical (unpaired) electrons. The van der Waals surface area contributed by atoms with Crippen LogP contribution in [0.2, 0.25) is 0 Å². The zero-order valence-corrected chi connectivity index (χ0v) is 21.5. The molecule has 0 unspecified atom stereocenters. The van der Waals surface area contributed by atoms with Crippen molar-refractivity contribution in [1.82, 2.24) is 4.90 Å². The molecule has 3 atom stereocenters. The van der Waals surface area contributed by atoms with Gasteiger partial charge in [-0.15, -0.1) is 0 Å². The number of ether oxygens (including phenoxy) is 3. The van der Waals surface area contributed by atoms with Crippen molar-refractivity contribution >= 4 is 5.97 Å². The second-order valence-electron chi connectivity index (χ2n) is 8.94. The fourth-order valence-electron chi connectivity index (χ4n) is 4.07. The van der Waals surface area contributed by atoms with Gasteiger partial charge in [0.1, 0.15) is 30.4 Å². The second kappa shape index (κ2) is 15.0. The summed E-state index contributed by atoms with van der Waals surface area (Å²) in [5.74, 6) is 0.869. The summed E-state index contributed by atoms with van der Waals surface area (Å²) in [6.45, 7) is 4.35. The summed E-state index contributed by atoms with van der Waals surface area (Å²) in [6.07, 6.45) is -0.475. The van der Waals surface area contributed by atoms with E-state index in [4.69, 9.17) is 14.2 Å². The first-order valence-corrected chi connectivity index (χ1v) is 12.7. The third kappa shape index (κ3) is 9.88. The summed E-state index contributed by atoms with van der Waals surface area (Å²) in [5.41, 5.74) is 2.06. The number of hydrogen-bond donors (Lipinski definition) is 2. The van der Waals surface area contributed by atoms with Gasteiger partial charge in [0.15, 0.2) is 6.61 Å². The molecule has 3 aromatic rings. The molecule has 7 nitrogen and oxygen atoms in total. The number of esters is 1. The topological polar surface area (TPSA) is 88.5 Å². The maximum absolute atomic E-state index is 11.5. The fraction of sp³-hybridized carbons (Fsp3) is 0.367. The fourth-order valence-corrected chi connectivity index (χ4v) is 4.07. The summed E-state index contributed by atoms with van der Waals surface area (Å²) in [5, 5.41) is 21.9. The van der Waals surface area contributed by atoms with E-state index in [1.54, 1.807) is 6.92 Å². The number of para-hydroxylation sites is 1. The van der Waals surface area contributed by atoms with Crippen LogP contribution in [0.25, 0.3) is 0 Å². The van der Waals surface area contributed by atoms with Crippen LogP contribution in [-0.2, 0) is 22.4 Å². The van der Waals surface area contributed by atoms with Gasteiger partial charge in [0.2, 0.25) is 0 Å². The summed E-state index contributed by atoms with van der Waals surface area (Å²) >= 11 is 0. The van der Waals surface area contributed by atoms with Gasteiger partial charge in [-0.2, -0.15) is 0 Å². The Bertz CT molecular complexity index is 1040. The van der Waals surface area contributed by atoms with Crippen LogP contribution < -0.4 is 9.47 Å². The van der Waals surface area contributed by atoms with E-state index >= 15 is 0 Å². The lowest BCUT2D eigenvalue weighted by molar-refractivity contribution is -0.145. The summed E-state index contributed by atoms with van der Waals surface area (Å²) < 4.78 is 16.1. The van der Waals surface area contributed by atoms with Gasteiger partial charge in [-0.1, -0.05) is 60.7 Å². The molecule has 0 aliphatic heterocycles. The van der Waals surface area contributed by atoms with E-state index in [9.17, 15) is 15.0 Å². The molecule has 0 spiro atoms. The van der Waals surface area contributed by atoms with Crippen molar-refractivity contribution in [2.45, 2.75) is 45.1 Å². The second-order valence-corrected chi connectivity index (χ2v) is 8.94. The number of rotatable bonds is 15. The number of nitrogens with zero attached hydrogens (tertiary/aromatic N) is 1. The quantitative estimate of drug-likeness (QED) is 0.239. The van der Waals surface area contributed by atoms with Crippen molar-refractivity contribution in [1.29, 1.82) is 0 Å². The summed E-state index contributed by atoms with van der Waals surface area (Å²) in [6, 6.07) is 26.6. The lowest BCUT2D eigenvalue weighted by atomic mass is 10.0. The molecule has 7 heteroatoms. The Hall–Kier alpha value is -3.39. The van der Waals surface area contributed by atoms with E-state index in [0.717, 1.165) is 11.1 Å². The van der Waals surface area contributed by atoms with Crippen LogP contribution in [-0.4, -0.2) is 65.8 Å². The number of benzene rings is 3. The van der Waals surface area contributed by atoms with E-state index in [-0.39, 0.29) is 25.8 Å². The van der Waals surface area contributed by atoms with Crippen LogP contribution in [0.15, 0.2) is 84.9 Å². The van der Waals surface area contributed by atoms with Crippen LogP contribution in [0.4, 0.5) is 0 Å². The maximum atomic E-state index is 11.5. The minimum absolute atomic E-state index is 0.0728. The normalized spacial score (nSPS) is 13.5. The van der Waals surface area contributed by atoms with Gasteiger partial charge in [-0.3, -0.25) is 4.90 Å². The Labute approximate surface area is 219 Å². The molecule has 0 bridgehead atoms. The van der Waals surface area contributed by atoms with Crippen LogP contribution in [0.3, 0.4) is 0 Å². The highest BCUT2D eigenvalue weighted by molar-refractivity contribution is 5.71. The van der Waals surface area contributed by atoms with E-state index in [0.29, 0.717) is 30.9 Å². The maximum Gasteiger partial charge on any atom is 0.344 e. The highest BCUT2D eigenvalue weighted by Gasteiger charge is 2.25. The molecule has 2 N–H and O–H groups in total. The van der Waals surface area contributed by atoms with Crippen molar-refractivity contribution in [3.8, 4) is 11.5 Å². The molecule has 0 aromatic heterocycles. The Morgan fingerprint density at radius 1 is 0.811 bits per heavy atom. The van der Waals surface area contributed by atoms with Gasteiger partial charge in [0, 0.05) is 19.0 Å². The molecular weight excluding hydrogens is 470 g/mol. The Balaban J connectivity index is 1.62. The number of hydrogen-bond acceptors (Lipinski definition) is 7. The SMILES string of the molecule is CCOC(=O)COc1ccc(C[C@@H](C)N(C[C@@H](O)COc2ccccc2)[C@H](O)Cc2ccccc2)cc1. The van der Waals surface area contributed by atoms with E-state index in [1.165, 1.54) is 0 Å². The highest BCUT2D eigenvalue weighted by Crippen LogP contribution is 2.18. The van der Waals surface area contributed by atoms with Gasteiger partial charge >= 0.3 is 5.97 Å². The summed E-state index contributed by atoms with van der Waals surface area (Å²) in [4.78, 5) is 13.4. The predicted octanol–water partition coefficient (Wildman–Crippen LogP) is 3.86. The third-order valence-electron chi connectivity index (χ3n) is 5.93. The monoisotopic (exact) mass is 507 g/mol. The Kier molecular flexibility index (Phi) is 11.4. The first kappa shape index (κ1) is 28.2. The smallest absolute Gasteiger partial charge is 0.344 e. The molecule has 198 valence electrons. The van der Waals surface area contributed by atoms with Crippen molar-refractivity contribution in [2.75, 3.05) is 26.4 Å². The van der Waals surface area contributed by atoms with E-state index in [2.05, 4.69) is 0 Å². The van der Waals surface area contributed by atoms with Crippen LogP contribution in [0, 0.1) is 0 Å². The lowest BCUT2D eigenvalue weighted by Crippen LogP contribution is -2.48. The van der Waals surface area contributed by atoms with Crippen LogP contribution in [0.1, 0.15) is 25.0 Å². The molecule has 37 heavy (non-hydrogen) atoms. The number of aliphatic hydroxyl groups is 2. The first-order chi connectivity index (χ1) is 17.9.